The molecular formula is C11H21NOSi. The van der Waals surface area contributed by atoms with Crippen LogP contribution in [0.25, 0.3) is 0 Å². The van der Waals surface area contributed by atoms with Crippen LogP contribution >= 0.6 is 0 Å². The van der Waals surface area contributed by atoms with Crippen molar-refractivity contribution in [1.29, 1.82) is 0 Å². The minimum Gasteiger partial charge on any atom is -0.547 e. The number of rotatable bonds is 2. The highest BCUT2D eigenvalue weighted by atomic mass is 28.4. The van der Waals surface area contributed by atoms with Crippen molar-refractivity contribution in [3.8, 4) is 0 Å². The third kappa shape index (κ3) is 2.03. The van der Waals surface area contributed by atoms with Crippen molar-refractivity contribution < 1.29 is 4.43 Å². The Hall–Kier alpha value is -0.283. The monoisotopic (exact) mass is 211 g/mol. The number of hydrogen-bond acceptors (Lipinski definition) is 2. The molecule has 2 heterocycles. The van der Waals surface area contributed by atoms with E-state index in [-0.39, 0.29) is 0 Å². The van der Waals surface area contributed by atoms with Crippen molar-refractivity contribution >= 4 is 8.32 Å². The zero-order chi connectivity index (χ0) is 10.3. The minimum absolute atomic E-state index is 0.653. The van der Waals surface area contributed by atoms with Crippen LogP contribution in [0.1, 0.15) is 19.3 Å². The van der Waals surface area contributed by atoms with E-state index in [0.717, 1.165) is 12.5 Å². The SMILES string of the molecule is CN1[C@H]2CC[C@@H]1C=C(O[Si](C)(C)C)C2. The Morgan fingerprint density at radius 2 is 2.07 bits per heavy atom. The molecule has 1 fully saturated rings. The third-order valence-electron chi connectivity index (χ3n) is 3.15. The molecule has 0 unspecified atom stereocenters. The van der Waals surface area contributed by atoms with Gasteiger partial charge >= 0.3 is 0 Å². The summed E-state index contributed by atoms with van der Waals surface area (Å²) in [6, 6.07) is 1.40. The maximum absolute atomic E-state index is 6.08. The molecule has 0 aliphatic carbocycles. The van der Waals surface area contributed by atoms with Gasteiger partial charge in [0.05, 0.1) is 5.76 Å². The third-order valence-corrected chi connectivity index (χ3v) is 4.02. The first-order valence-electron chi connectivity index (χ1n) is 5.57. The molecule has 2 aliphatic rings. The Kier molecular flexibility index (Phi) is 2.47. The molecule has 0 amide bonds. The Bertz CT molecular complexity index is 257. The van der Waals surface area contributed by atoms with Gasteiger partial charge in [0.15, 0.2) is 0 Å². The molecule has 80 valence electrons. The lowest BCUT2D eigenvalue weighted by molar-refractivity contribution is 0.221. The molecular weight excluding hydrogens is 190 g/mol. The van der Waals surface area contributed by atoms with Crippen LogP contribution in [0.2, 0.25) is 19.6 Å². The second kappa shape index (κ2) is 3.38. The van der Waals surface area contributed by atoms with Crippen LogP contribution in [0.15, 0.2) is 11.8 Å². The average Bonchev–Trinajstić information content (AvgIpc) is 2.32. The van der Waals surface area contributed by atoms with Gasteiger partial charge in [-0.05, 0) is 45.6 Å². The van der Waals surface area contributed by atoms with Gasteiger partial charge in [0.2, 0.25) is 8.32 Å². The number of fused-ring (bicyclic) bond motifs is 2. The zero-order valence-corrected chi connectivity index (χ0v) is 10.7. The minimum atomic E-state index is -1.38. The van der Waals surface area contributed by atoms with Crippen LogP contribution in [0.4, 0.5) is 0 Å². The van der Waals surface area contributed by atoms with E-state index in [2.05, 4.69) is 37.7 Å². The largest absolute Gasteiger partial charge is 0.547 e. The van der Waals surface area contributed by atoms with E-state index in [1.165, 1.54) is 18.6 Å². The topological polar surface area (TPSA) is 12.5 Å². The molecule has 0 aromatic carbocycles. The van der Waals surface area contributed by atoms with Crippen LogP contribution < -0.4 is 0 Å². The predicted molar refractivity (Wildman–Crippen MR) is 61.7 cm³/mol. The van der Waals surface area contributed by atoms with Gasteiger partial charge in [-0.2, -0.15) is 0 Å². The van der Waals surface area contributed by atoms with Crippen LogP contribution in [-0.4, -0.2) is 32.3 Å². The first-order valence-corrected chi connectivity index (χ1v) is 8.98. The molecule has 2 rings (SSSR count). The predicted octanol–water partition coefficient (Wildman–Crippen LogP) is 2.59. The average molecular weight is 211 g/mol. The molecule has 0 radical (unpaired) electrons. The fourth-order valence-corrected chi connectivity index (χ4v) is 3.41. The molecule has 0 saturated carbocycles. The summed E-state index contributed by atoms with van der Waals surface area (Å²) in [5.41, 5.74) is 0. The summed E-state index contributed by atoms with van der Waals surface area (Å²) in [6.45, 7) is 6.77. The Labute approximate surface area is 88.1 Å². The highest BCUT2D eigenvalue weighted by Crippen LogP contribution is 2.34. The summed E-state index contributed by atoms with van der Waals surface area (Å²) in [5.74, 6) is 1.27. The van der Waals surface area contributed by atoms with E-state index in [4.69, 9.17) is 4.43 Å². The fourth-order valence-electron chi connectivity index (χ4n) is 2.47. The van der Waals surface area contributed by atoms with Crippen molar-refractivity contribution in [1.82, 2.24) is 4.90 Å². The Balaban J connectivity index is 2.06. The lowest BCUT2D eigenvalue weighted by Crippen LogP contribution is -2.37. The summed E-state index contributed by atoms with van der Waals surface area (Å²) in [6.07, 6.45) is 6.15. The Morgan fingerprint density at radius 3 is 2.64 bits per heavy atom. The van der Waals surface area contributed by atoms with Crippen molar-refractivity contribution in [3.63, 3.8) is 0 Å². The normalized spacial score (nSPS) is 33.0. The van der Waals surface area contributed by atoms with Gasteiger partial charge in [-0.1, -0.05) is 0 Å². The highest BCUT2D eigenvalue weighted by molar-refractivity contribution is 6.70. The number of likely N-dealkylation sites (N-methyl/N-ethyl adjacent to an activating group) is 1. The molecule has 14 heavy (non-hydrogen) atoms. The standard InChI is InChI=1S/C11H21NOSi/c1-12-9-5-6-10(12)8-11(7-9)13-14(2,3)4/h7,9-10H,5-6,8H2,1-4H3/t9-,10+/m1/s1. The number of nitrogens with zero attached hydrogens (tertiary/aromatic N) is 1. The van der Waals surface area contributed by atoms with E-state index in [1.54, 1.807) is 0 Å². The van der Waals surface area contributed by atoms with Crippen molar-refractivity contribution in [2.75, 3.05) is 7.05 Å². The molecule has 0 spiro atoms. The van der Waals surface area contributed by atoms with Gasteiger partial charge in [-0.25, -0.2) is 0 Å². The first-order chi connectivity index (χ1) is 6.46. The van der Waals surface area contributed by atoms with E-state index in [1.807, 2.05) is 0 Å². The summed E-state index contributed by atoms with van der Waals surface area (Å²) in [7, 11) is 0.855. The molecule has 1 saturated heterocycles. The van der Waals surface area contributed by atoms with Gasteiger partial charge in [0.1, 0.15) is 0 Å². The van der Waals surface area contributed by atoms with E-state index in [9.17, 15) is 0 Å². The molecule has 2 bridgehead atoms. The Morgan fingerprint density at radius 1 is 1.36 bits per heavy atom. The van der Waals surface area contributed by atoms with E-state index >= 15 is 0 Å². The maximum atomic E-state index is 6.08. The van der Waals surface area contributed by atoms with E-state index in [0.29, 0.717) is 6.04 Å². The zero-order valence-electron chi connectivity index (χ0n) is 9.71. The molecule has 2 nitrogen and oxygen atoms in total. The summed E-state index contributed by atoms with van der Waals surface area (Å²) < 4.78 is 6.08. The van der Waals surface area contributed by atoms with Gasteiger partial charge in [0.25, 0.3) is 0 Å². The smallest absolute Gasteiger partial charge is 0.241 e. The van der Waals surface area contributed by atoms with Crippen LogP contribution in [0.5, 0.6) is 0 Å². The molecule has 0 aromatic heterocycles. The van der Waals surface area contributed by atoms with Crippen LogP contribution in [0.3, 0.4) is 0 Å². The summed E-state index contributed by atoms with van der Waals surface area (Å²) in [4.78, 5) is 2.50. The van der Waals surface area contributed by atoms with Gasteiger partial charge in [-0.3, -0.25) is 4.90 Å². The first kappa shape index (κ1) is 10.2. The summed E-state index contributed by atoms with van der Waals surface area (Å²) >= 11 is 0. The fraction of sp³-hybridized carbons (Fsp3) is 0.818. The summed E-state index contributed by atoms with van der Waals surface area (Å²) in [5, 5.41) is 0. The van der Waals surface area contributed by atoms with Crippen molar-refractivity contribution in [2.45, 2.75) is 51.0 Å². The van der Waals surface area contributed by atoms with Gasteiger partial charge in [-0.15, -0.1) is 0 Å². The molecule has 2 atom stereocenters. The van der Waals surface area contributed by atoms with Crippen LogP contribution in [-0.2, 0) is 4.43 Å². The quantitative estimate of drug-likeness (QED) is 0.651. The molecule has 3 heteroatoms. The van der Waals surface area contributed by atoms with Crippen molar-refractivity contribution in [2.24, 2.45) is 0 Å². The van der Waals surface area contributed by atoms with E-state index < -0.39 is 8.32 Å². The van der Waals surface area contributed by atoms with Crippen molar-refractivity contribution in [3.05, 3.63) is 11.8 Å². The second-order valence-electron chi connectivity index (χ2n) is 5.52. The molecule has 0 N–H and O–H groups in total. The molecule has 0 aromatic rings. The van der Waals surface area contributed by atoms with Gasteiger partial charge in [0, 0.05) is 18.5 Å². The highest BCUT2D eigenvalue weighted by Gasteiger charge is 2.35. The lowest BCUT2D eigenvalue weighted by atomic mass is 10.1. The second-order valence-corrected chi connectivity index (χ2v) is 9.94. The lowest BCUT2D eigenvalue weighted by Gasteiger charge is -2.33. The molecule has 2 aliphatic heterocycles. The van der Waals surface area contributed by atoms with Crippen LogP contribution in [0, 0.1) is 0 Å². The number of hydrogen-bond donors (Lipinski definition) is 0. The maximum Gasteiger partial charge on any atom is 0.241 e. The van der Waals surface area contributed by atoms with Gasteiger partial charge < -0.3 is 4.43 Å².